The van der Waals surface area contributed by atoms with E-state index in [0.29, 0.717) is 29.9 Å². The molecule has 9 heteroatoms. The molecule has 5 fully saturated rings. The first-order chi connectivity index (χ1) is 23.2. The third kappa shape index (κ3) is 4.44. The van der Waals surface area contributed by atoms with Crippen molar-refractivity contribution in [2.24, 2.45) is 34.5 Å². The van der Waals surface area contributed by atoms with Gasteiger partial charge in [0.25, 0.3) is 0 Å². The Kier molecular flexibility index (Phi) is 7.60. The van der Waals surface area contributed by atoms with Crippen molar-refractivity contribution in [3.05, 3.63) is 51.3 Å². The molecule has 1 aromatic heterocycles. The van der Waals surface area contributed by atoms with Crippen molar-refractivity contribution in [2.75, 3.05) is 0 Å². The maximum absolute atomic E-state index is 15.2. The quantitative estimate of drug-likeness (QED) is 0.226. The van der Waals surface area contributed by atoms with Gasteiger partial charge in [-0.1, -0.05) is 72.6 Å². The molecule has 50 heavy (non-hydrogen) atoms. The second kappa shape index (κ2) is 10.8. The molecule has 0 radical (unpaired) electrons. The van der Waals surface area contributed by atoms with Crippen LogP contribution in [0.3, 0.4) is 0 Å². The number of rotatable bonds is 8. The number of fused-ring (bicyclic) bond motifs is 3. The van der Waals surface area contributed by atoms with Gasteiger partial charge in [-0.2, -0.15) is 0 Å². The van der Waals surface area contributed by atoms with Crippen LogP contribution in [0.15, 0.2) is 39.9 Å². The lowest BCUT2D eigenvalue weighted by Gasteiger charge is -2.73. The zero-order chi connectivity index (χ0) is 36.0. The van der Waals surface area contributed by atoms with E-state index in [-0.39, 0.29) is 51.5 Å². The number of benzene rings is 1. The molecule has 276 valence electrons. The topological polar surface area (TPSA) is 90.9 Å². The molecule has 1 saturated heterocycles. The van der Waals surface area contributed by atoms with E-state index in [4.69, 9.17) is 9.16 Å². The first-order valence-electron chi connectivity index (χ1n) is 19.8. The minimum atomic E-state index is -2.14. The van der Waals surface area contributed by atoms with Crippen molar-refractivity contribution < 1.29 is 14.3 Å². The van der Waals surface area contributed by atoms with Crippen LogP contribution in [0.5, 0.6) is 0 Å². The predicted molar refractivity (Wildman–Crippen MR) is 199 cm³/mol. The second-order valence-electron chi connectivity index (χ2n) is 20.3. The lowest BCUT2D eigenvalue weighted by Crippen LogP contribution is -2.80. The molecule has 7 aliphatic rings. The van der Waals surface area contributed by atoms with Gasteiger partial charge in [0.15, 0.2) is 8.32 Å². The zero-order valence-electron chi connectivity index (χ0n) is 32.4. The Morgan fingerprint density at radius 3 is 2.30 bits per heavy atom. The van der Waals surface area contributed by atoms with Crippen molar-refractivity contribution in [1.29, 1.82) is 0 Å². The van der Waals surface area contributed by atoms with Gasteiger partial charge >= 0.3 is 11.4 Å². The Bertz CT molecular complexity index is 1780. The molecule has 0 amide bonds. The van der Waals surface area contributed by atoms with Gasteiger partial charge < -0.3 is 14.3 Å². The lowest BCUT2D eigenvalue weighted by molar-refractivity contribution is -0.254. The van der Waals surface area contributed by atoms with Crippen molar-refractivity contribution >= 4 is 8.32 Å². The summed E-state index contributed by atoms with van der Waals surface area (Å²) in [7, 11) is -2.14. The predicted octanol–water partition coefficient (Wildman–Crippen LogP) is 7.59. The van der Waals surface area contributed by atoms with Crippen LogP contribution in [-0.4, -0.2) is 51.3 Å². The smallest absolute Gasteiger partial charge is 0.352 e. The first kappa shape index (κ1) is 35.1. The molecule has 2 aromatic rings. The summed E-state index contributed by atoms with van der Waals surface area (Å²) in [6.45, 7) is 22.7. The highest BCUT2D eigenvalue weighted by Gasteiger charge is 2.83. The standard InChI is InChI=1S/C41H63N3O5Si/c1-26(15-14-21-37(5,6)47)28-18-19-30-38(28,7)22-20-31-39(8)33-32(48-33)29(49-50(9,10)36(2,3)4)25-40(39)23-24-41(30,31)44-35(46)42(34(45)43(40)44)27-16-12-11-13-17-27/h11-13,16-17,26,28-33,47H,14-15,18-25H2,1-10H3/t26-,28-,29-,30?,31?,32+,33?,38-,39+,40-,41+/m1/s1. The fourth-order valence-electron chi connectivity index (χ4n) is 13.1. The summed E-state index contributed by atoms with van der Waals surface area (Å²) in [5, 5.41) is 10.5. The van der Waals surface area contributed by atoms with E-state index in [1.165, 1.54) is 4.57 Å². The molecule has 8 nitrogen and oxygen atoms in total. The first-order valence-corrected chi connectivity index (χ1v) is 22.7. The van der Waals surface area contributed by atoms with E-state index in [9.17, 15) is 5.11 Å². The third-order valence-corrected chi connectivity index (χ3v) is 20.9. The molecule has 2 spiro atoms. The Morgan fingerprint density at radius 2 is 1.64 bits per heavy atom. The molecule has 1 aromatic carbocycles. The van der Waals surface area contributed by atoms with Gasteiger partial charge in [0.2, 0.25) is 0 Å². The van der Waals surface area contributed by atoms with Crippen molar-refractivity contribution in [3.8, 4) is 5.69 Å². The number of nitrogens with zero attached hydrogens (tertiary/aromatic N) is 3. The fraction of sp³-hybridized carbons (Fsp3) is 0.805. The van der Waals surface area contributed by atoms with Crippen LogP contribution in [0.25, 0.3) is 5.69 Å². The summed E-state index contributed by atoms with van der Waals surface area (Å²) in [5.41, 5.74) is -1.56. The molecule has 1 N–H and O–H groups in total. The molecule has 4 aliphatic carbocycles. The Labute approximate surface area is 300 Å². The number of aromatic nitrogens is 3. The molecule has 2 bridgehead atoms. The van der Waals surface area contributed by atoms with Crippen molar-refractivity contribution in [1.82, 2.24) is 13.9 Å². The van der Waals surface area contributed by atoms with Crippen LogP contribution in [0.1, 0.15) is 120 Å². The van der Waals surface area contributed by atoms with Crippen LogP contribution >= 0.6 is 0 Å². The van der Waals surface area contributed by atoms with Crippen molar-refractivity contribution in [3.63, 3.8) is 0 Å². The summed E-state index contributed by atoms with van der Waals surface area (Å²) in [6, 6.07) is 9.59. The summed E-state index contributed by atoms with van der Waals surface area (Å²) < 4.78 is 19.6. The number of para-hydroxylation sites is 1. The van der Waals surface area contributed by atoms with Gasteiger partial charge in [0.1, 0.15) is 6.10 Å². The number of epoxide rings is 1. The summed E-state index contributed by atoms with van der Waals surface area (Å²) in [5.74, 6) is 1.64. The zero-order valence-corrected chi connectivity index (χ0v) is 33.4. The van der Waals surface area contributed by atoms with E-state index in [0.717, 1.165) is 57.8 Å². The van der Waals surface area contributed by atoms with Gasteiger partial charge in [-0.3, -0.25) is 0 Å². The minimum absolute atomic E-state index is 0.0221. The molecule has 3 unspecified atom stereocenters. The molecular weight excluding hydrogens is 643 g/mol. The fourth-order valence-corrected chi connectivity index (χ4v) is 14.5. The van der Waals surface area contributed by atoms with E-state index in [1.807, 2.05) is 48.9 Å². The van der Waals surface area contributed by atoms with Crippen LogP contribution in [-0.2, 0) is 20.2 Å². The Morgan fingerprint density at radius 1 is 0.960 bits per heavy atom. The molecule has 3 aliphatic heterocycles. The highest BCUT2D eigenvalue weighted by atomic mass is 28.4. The summed E-state index contributed by atoms with van der Waals surface area (Å²) in [6.07, 6.45) is 9.87. The maximum atomic E-state index is 15.2. The molecule has 4 saturated carbocycles. The van der Waals surface area contributed by atoms with Gasteiger partial charge in [-0.05, 0) is 118 Å². The van der Waals surface area contributed by atoms with E-state index in [1.54, 1.807) is 0 Å². The minimum Gasteiger partial charge on any atom is -0.411 e. The average molecular weight is 706 g/mol. The molecule has 4 heterocycles. The summed E-state index contributed by atoms with van der Waals surface area (Å²) in [4.78, 5) is 30.3. The van der Waals surface area contributed by atoms with Crippen LogP contribution in [0.2, 0.25) is 18.1 Å². The SMILES string of the molecule is C[C@H](CCCC(C)(C)O)[C@H]1CCC2[C@@]34CC[C@]5(C[C@@H](O[Si](C)(C)C(C)(C)C)[C@@H]6OC6[C@]5(C)C3CC[C@@]21C)n1c(=O)n(-c2ccccc2)c(=O)n14. The number of ether oxygens (including phenoxy) is 1. The number of aliphatic hydroxyl groups is 1. The van der Waals surface area contributed by atoms with E-state index >= 15 is 9.59 Å². The Balaban J connectivity index is 1.28. The normalized spacial score (nSPS) is 40.8. The maximum Gasteiger partial charge on any atom is 0.352 e. The van der Waals surface area contributed by atoms with Gasteiger partial charge in [0.05, 0.1) is 34.6 Å². The Hall–Kier alpha value is -1.94. The second-order valence-corrected chi connectivity index (χ2v) is 25.1. The van der Waals surface area contributed by atoms with Crippen LogP contribution < -0.4 is 11.4 Å². The lowest BCUT2D eigenvalue weighted by atomic mass is 9.38. The summed E-state index contributed by atoms with van der Waals surface area (Å²) >= 11 is 0. The van der Waals surface area contributed by atoms with E-state index in [2.05, 4.69) is 59.3 Å². The highest BCUT2D eigenvalue weighted by Crippen LogP contribution is 2.78. The number of hydrogen-bond acceptors (Lipinski definition) is 5. The third-order valence-electron chi connectivity index (χ3n) is 16.4. The van der Waals surface area contributed by atoms with Gasteiger partial charge in [0, 0.05) is 11.8 Å². The molecular formula is C41H63N3O5Si. The van der Waals surface area contributed by atoms with Gasteiger partial charge in [-0.15, -0.1) is 0 Å². The number of hydrogen-bond donors (Lipinski definition) is 1. The average Bonchev–Trinajstić information content (AvgIpc) is 3.69. The van der Waals surface area contributed by atoms with Gasteiger partial charge in [-0.25, -0.2) is 23.5 Å². The highest BCUT2D eigenvalue weighted by molar-refractivity contribution is 6.74. The largest absolute Gasteiger partial charge is 0.411 e. The van der Waals surface area contributed by atoms with Crippen LogP contribution in [0.4, 0.5) is 0 Å². The van der Waals surface area contributed by atoms with Crippen molar-refractivity contribution in [2.45, 2.75) is 173 Å². The van der Waals surface area contributed by atoms with E-state index < -0.39 is 25.0 Å². The van der Waals surface area contributed by atoms with Crippen LogP contribution in [0, 0.1) is 34.5 Å². The molecule has 11 atom stereocenters. The monoisotopic (exact) mass is 705 g/mol. The molecule has 9 rings (SSSR count).